The smallest absolute Gasteiger partial charge is 0.256 e. The van der Waals surface area contributed by atoms with Crippen molar-refractivity contribution in [1.29, 1.82) is 5.26 Å². The number of carbonyl (C=O) groups is 1. The van der Waals surface area contributed by atoms with Crippen LogP contribution in [0.2, 0.25) is 0 Å². The van der Waals surface area contributed by atoms with Gasteiger partial charge in [0.05, 0.1) is 11.3 Å². The van der Waals surface area contributed by atoms with Crippen molar-refractivity contribution in [2.45, 2.75) is 6.92 Å². The molecular formula is C15H12BrN3O. The molecule has 100 valence electrons. The number of nitrogen functional groups attached to an aromatic ring is 1. The van der Waals surface area contributed by atoms with Gasteiger partial charge in [0.2, 0.25) is 0 Å². The minimum atomic E-state index is -0.284. The lowest BCUT2D eigenvalue weighted by Gasteiger charge is -2.10. The predicted molar refractivity (Wildman–Crippen MR) is 82.4 cm³/mol. The van der Waals surface area contributed by atoms with E-state index in [1.807, 2.05) is 13.0 Å². The highest BCUT2D eigenvalue weighted by atomic mass is 79.9. The standard InChI is InChI=1S/C15H12BrN3O/c1-9-2-4-12(18)7-13(9)15(20)19-14-5-3-11(16)6-10(14)8-17/h2-7H,18H2,1H3,(H,19,20). The van der Waals surface area contributed by atoms with Crippen LogP contribution in [0, 0.1) is 18.3 Å². The molecule has 0 aliphatic heterocycles. The van der Waals surface area contributed by atoms with Crippen molar-refractivity contribution in [1.82, 2.24) is 0 Å². The van der Waals surface area contributed by atoms with Crippen LogP contribution in [0.4, 0.5) is 11.4 Å². The van der Waals surface area contributed by atoms with E-state index in [2.05, 4.69) is 21.2 Å². The van der Waals surface area contributed by atoms with Gasteiger partial charge in [-0.15, -0.1) is 0 Å². The van der Waals surface area contributed by atoms with Crippen LogP contribution in [0.15, 0.2) is 40.9 Å². The Kier molecular flexibility index (Phi) is 4.06. The summed E-state index contributed by atoms with van der Waals surface area (Å²) in [6.07, 6.45) is 0. The summed E-state index contributed by atoms with van der Waals surface area (Å²) in [7, 11) is 0. The monoisotopic (exact) mass is 329 g/mol. The first-order valence-corrected chi connectivity index (χ1v) is 6.67. The number of amides is 1. The lowest BCUT2D eigenvalue weighted by atomic mass is 10.1. The molecule has 1 amide bonds. The van der Waals surface area contributed by atoms with Gasteiger partial charge in [-0.25, -0.2) is 0 Å². The van der Waals surface area contributed by atoms with E-state index < -0.39 is 0 Å². The van der Waals surface area contributed by atoms with Crippen molar-refractivity contribution >= 4 is 33.2 Å². The van der Waals surface area contributed by atoms with Crippen molar-refractivity contribution in [3.8, 4) is 6.07 Å². The highest BCUT2D eigenvalue weighted by Crippen LogP contribution is 2.22. The number of nitriles is 1. The van der Waals surface area contributed by atoms with E-state index >= 15 is 0 Å². The van der Waals surface area contributed by atoms with Crippen LogP contribution in [0.5, 0.6) is 0 Å². The molecule has 0 heterocycles. The second-order valence-electron chi connectivity index (χ2n) is 4.33. The quantitative estimate of drug-likeness (QED) is 0.828. The summed E-state index contributed by atoms with van der Waals surface area (Å²) in [4.78, 5) is 12.3. The highest BCUT2D eigenvalue weighted by molar-refractivity contribution is 9.10. The molecule has 2 aromatic rings. The Morgan fingerprint density at radius 1 is 1.30 bits per heavy atom. The minimum Gasteiger partial charge on any atom is -0.399 e. The van der Waals surface area contributed by atoms with Gasteiger partial charge in [0, 0.05) is 15.7 Å². The molecule has 2 rings (SSSR count). The number of nitrogens with one attached hydrogen (secondary N) is 1. The maximum atomic E-state index is 12.3. The SMILES string of the molecule is Cc1ccc(N)cc1C(=O)Nc1ccc(Br)cc1C#N. The summed E-state index contributed by atoms with van der Waals surface area (Å²) < 4.78 is 0.784. The Hall–Kier alpha value is -2.32. The summed E-state index contributed by atoms with van der Waals surface area (Å²) in [5.41, 5.74) is 8.42. The molecule has 20 heavy (non-hydrogen) atoms. The third-order valence-corrected chi connectivity index (χ3v) is 3.35. The maximum absolute atomic E-state index is 12.3. The summed E-state index contributed by atoms with van der Waals surface area (Å²) in [6, 6.07) is 12.3. The van der Waals surface area contributed by atoms with Crippen molar-refractivity contribution in [3.05, 3.63) is 57.6 Å². The number of aryl methyl sites for hydroxylation is 1. The van der Waals surface area contributed by atoms with Crippen LogP contribution >= 0.6 is 15.9 Å². The minimum absolute atomic E-state index is 0.284. The third-order valence-electron chi connectivity index (χ3n) is 2.86. The number of nitrogens with two attached hydrogens (primary N) is 1. The molecule has 0 bridgehead atoms. The van der Waals surface area contributed by atoms with Gasteiger partial charge in [-0.3, -0.25) is 4.79 Å². The highest BCUT2D eigenvalue weighted by Gasteiger charge is 2.12. The fourth-order valence-electron chi connectivity index (χ4n) is 1.79. The van der Waals surface area contributed by atoms with Gasteiger partial charge in [-0.05, 0) is 42.8 Å². The van der Waals surface area contributed by atoms with Crippen LogP contribution in [0.3, 0.4) is 0 Å². The van der Waals surface area contributed by atoms with Crippen LogP contribution in [-0.4, -0.2) is 5.91 Å². The average molecular weight is 330 g/mol. The molecule has 0 saturated carbocycles. The fourth-order valence-corrected chi connectivity index (χ4v) is 2.15. The molecule has 0 aromatic heterocycles. The number of halogens is 1. The Morgan fingerprint density at radius 3 is 2.75 bits per heavy atom. The zero-order valence-corrected chi connectivity index (χ0v) is 12.4. The second kappa shape index (κ2) is 5.76. The largest absolute Gasteiger partial charge is 0.399 e. The van der Waals surface area contributed by atoms with Crippen molar-refractivity contribution in [2.24, 2.45) is 0 Å². The molecule has 0 radical (unpaired) electrons. The third kappa shape index (κ3) is 2.98. The van der Waals surface area contributed by atoms with E-state index in [-0.39, 0.29) is 5.91 Å². The number of benzene rings is 2. The molecule has 0 unspecified atom stereocenters. The number of anilines is 2. The number of rotatable bonds is 2. The van der Waals surface area contributed by atoms with Gasteiger partial charge in [0.1, 0.15) is 6.07 Å². The predicted octanol–water partition coefficient (Wildman–Crippen LogP) is 3.46. The first-order valence-electron chi connectivity index (χ1n) is 5.88. The zero-order chi connectivity index (χ0) is 14.7. The van der Waals surface area contributed by atoms with E-state index in [1.165, 1.54) is 0 Å². The van der Waals surface area contributed by atoms with E-state index in [1.54, 1.807) is 36.4 Å². The van der Waals surface area contributed by atoms with E-state index in [0.29, 0.717) is 22.5 Å². The molecule has 5 heteroatoms. The zero-order valence-electron chi connectivity index (χ0n) is 10.8. The molecule has 0 aliphatic carbocycles. The number of carbonyl (C=O) groups excluding carboxylic acids is 1. The van der Waals surface area contributed by atoms with Crippen molar-refractivity contribution < 1.29 is 4.79 Å². The first kappa shape index (κ1) is 14.1. The molecular weight excluding hydrogens is 318 g/mol. The molecule has 3 N–H and O–H groups in total. The van der Waals surface area contributed by atoms with Gasteiger partial charge in [-0.1, -0.05) is 22.0 Å². The maximum Gasteiger partial charge on any atom is 0.256 e. The van der Waals surface area contributed by atoms with E-state index in [4.69, 9.17) is 11.0 Å². The molecule has 0 aliphatic rings. The van der Waals surface area contributed by atoms with Crippen molar-refractivity contribution in [2.75, 3.05) is 11.1 Å². The van der Waals surface area contributed by atoms with Gasteiger partial charge >= 0.3 is 0 Å². The molecule has 0 fully saturated rings. The summed E-state index contributed by atoms with van der Waals surface area (Å²) in [5.74, 6) is -0.284. The first-order chi connectivity index (χ1) is 9.51. The summed E-state index contributed by atoms with van der Waals surface area (Å²) in [5, 5.41) is 11.8. The topological polar surface area (TPSA) is 78.9 Å². The molecule has 0 saturated heterocycles. The average Bonchev–Trinajstić information content (AvgIpc) is 2.43. The van der Waals surface area contributed by atoms with Crippen LogP contribution in [0.25, 0.3) is 0 Å². The summed E-state index contributed by atoms with van der Waals surface area (Å²) >= 11 is 3.29. The van der Waals surface area contributed by atoms with Crippen LogP contribution in [0.1, 0.15) is 21.5 Å². The summed E-state index contributed by atoms with van der Waals surface area (Å²) in [6.45, 7) is 1.83. The van der Waals surface area contributed by atoms with Gasteiger partial charge < -0.3 is 11.1 Å². The van der Waals surface area contributed by atoms with Crippen molar-refractivity contribution in [3.63, 3.8) is 0 Å². The van der Waals surface area contributed by atoms with E-state index in [9.17, 15) is 4.79 Å². The normalized spacial score (nSPS) is 9.85. The fraction of sp³-hybridized carbons (Fsp3) is 0.0667. The van der Waals surface area contributed by atoms with Crippen LogP contribution < -0.4 is 11.1 Å². The number of hydrogen-bond acceptors (Lipinski definition) is 3. The van der Waals surface area contributed by atoms with Gasteiger partial charge in [-0.2, -0.15) is 5.26 Å². The van der Waals surface area contributed by atoms with Gasteiger partial charge in [0.15, 0.2) is 0 Å². The Balaban J connectivity index is 2.33. The molecule has 4 nitrogen and oxygen atoms in total. The second-order valence-corrected chi connectivity index (χ2v) is 5.25. The lowest BCUT2D eigenvalue weighted by Crippen LogP contribution is -2.14. The number of hydrogen-bond donors (Lipinski definition) is 2. The lowest BCUT2D eigenvalue weighted by molar-refractivity contribution is 0.102. The Bertz CT molecular complexity index is 720. The molecule has 2 aromatic carbocycles. The number of nitrogens with zero attached hydrogens (tertiary/aromatic N) is 1. The van der Waals surface area contributed by atoms with E-state index in [0.717, 1.165) is 10.0 Å². The van der Waals surface area contributed by atoms with Gasteiger partial charge in [0.25, 0.3) is 5.91 Å². The Morgan fingerprint density at radius 2 is 2.05 bits per heavy atom. The Labute approximate surface area is 125 Å². The molecule has 0 spiro atoms. The van der Waals surface area contributed by atoms with Crippen LogP contribution in [-0.2, 0) is 0 Å². The molecule has 0 atom stereocenters.